The molecule has 5 heteroatoms. The Morgan fingerprint density at radius 1 is 1.33 bits per heavy atom. The first kappa shape index (κ1) is 13.7. The van der Waals surface area contributed by atoms with Crippen molar-refractivity contribution in [1.29, 1.82) is 0 Å². The first-order valence-corrected chi connectivity index (χ1v) is 6.91. The summed E-state index contributed by atoms with van der Waals surface area (Å²) >= 11 is 0. The van der Waals surface area contributed by atoms with Crippen molar-refractivity contribution in [3.05, 3.63) is 65.4 Å². The molecule has 1 atom stereocenters. The van der Waals surface area contributed by atoms with E-state index in [-0.39, 0.29) is 11.9 Å². The van der Waals surface area contributed by atoms with Gasteiger partial charge in [-0.05, 0) is 31.5 Å². The van der Waals surface area contributed by atoms with Crippen molar-refractivity contribution >= 4 is 5.65 Å². The van der Waals surface area contributed by atoms with Gasteiger partial charge in [0.1, 0.15) is 5.82 Å². The van der Waals surface area contributed by atoms with E-state index in [2.05, 4.69) is 15.4 Å². The highest BCUT2D eigenvalue weighted by atomic mass is 19.1. The molecule has 0 aliphatic rings. The standard InChI is InChI=1S/C16H17FN4/c1-11-6-16-19-9-13(10-21(16)20-11)8-18-12(2)14-4-3-5-15(17)7-14/h3-7,9-10,12,18H,8H2,1-2H3. The zero-order chi connectivity index (χ0) is 14.8. The second kappa shape index (κ2) is 5.61. The van der Waals surface area contributed by atoms with Crippen LogP contribution >= 0.6 is 0 Å². The highest BCUT2D eigenvalue weighted by Crippen LogP contribution is 2.14. The van der Waals surface area contributed by atoms with Gasteiger partial charge in [0.05, 0.1) is 5.69 Å². The van der Waals surface area contributed by atoms with Crippen LogP contribution in [-0.2, 0) is 6.54 Å². The van der Waals surface area contributed by atoms with Gasteiger partial charge >= 0.3 is 0 Å². The molecule has 0 radical (unpaired) electrons. The van der Waals surface area contributed by atoms with Crippen LogP contribution in [0.4, 0.5) is 4.39 Å². The monoisotopic (exact) mass is 284 g/mol. The molecule has 0 saturated carbocycles. The van der Waals surface area contributed by atoms with Crippen LogP contribution in [0, 0.1) is 12.7 Å². The second-order valence-corrected chi connectivity index (χ2v) is 5.21. The lowest BCUT2D eigenvalue weighted by molar-refractivity contribution is 0.563. The minimum Gasteiger partial charge on any atom is -0.306 e. The molecule has 1 aromatic carbocycles. The molecular formula is C16H17FN4. The minimum absolute atomic E-state index is 0.0655. The van der Waals surface area contributed by atoms with Gasteiger partial charge in [0.25, 0.3) is 0 Å². The molecule has 108 valence electrons. The van der Waals surface area contributed by atoms with E-state index in [0.717, 1.165) is 22.5 Å². The molecule has 21 heavy (non-hydrogen) atoms. The minimum atomic E-state index is -0.212. The quantitative estimate of drug-likeness (QED) is 0.800. The van der Waals surface area contributed by atoms with Crippen molar-refractivity contribution in [2.24, 2.45) is 0 Å². The summed E-state index contributed by atoms with van der Waals surface area (Å²) in [4.78, 5) is 4.37. The zero-order valence-corrected chi connectivity index (χ0v) is 12.0. The van der Waals surface area contributed by atoms with Gasteiger partial charge in [0, 0.05) is 36.6 Å². The van der Waals surface area contributed by atoms with Crippen LogP contribution in [0.15, 0.2) is 42.7 Å². The molecule has 0 aliphatic carbocycles. The third kappa shape index (κ3) is 3.08. The first-order valence-electron chi connectivity index (χ1n) is 6.91. The average Bonchev–Trinajstić information content (AvgIpc) is 2.84. The Morgan fingerprint density at radius 3 is 3.00 bits per heavy atom. The number of fused-ring (bicyclic) bond motifs is 1. The van der Waals surface area contributed by atoms with Crippen LogP contribution in [0.2, 0.25) is 0 Å². The van der Waals surface area contributed by atoms with E-state index in [4.69, 9.17) is 0 Å². The van der Waals surface area contributed by atoms with Crippen LogP contribution in [0.1, 0.15) is 29.8 Å². The zero-order valence-electron chi connectivity index (χ0n) is 12.0. The Bertz CT molecular complexity index is 766. The van der Waals surface area contributed by atoms with Gasteiger partial charge in [-0.3, -0.25) is 0 Å². The Labute approximate surface area is 122 Å². The normalized spacial score (nSPS) is 12.7. The smallest absolute Gasteiger partial charge is 0.155 e. The van der Waals surface area contributed by atoms with Crippen molar-refractivity contribution in [1.82, 2.24) is 19.9 Å². The fourth-order valence-electron chi connectivity index (χ4n) is 2.29. The number of benzene rings is 1. The molecule has 4 nitrogen and oxygen atoms in total. The van der Waals surface area contributed by atoms with Crippen LogP contribution in [-0.4, -0.2) is 14.6 Å². The summed E-state index contributed by atoms with van der Waals surface area (Å²) in [7, 11) is 0. The summed E-state index contributed by atoms with van der Waals surface area (Å²) in [5.41, 5.74) is 3.75. The fraction of sp³-hybridized carbons (Fsp3) is 0.250. The van der Waals surface area contributed by atoms with E-state index in [1.54, 1.807) is 16.6 Å². The third-order valence-electron chi connectivity index (χ3n) is 3.45. The molecule has 2 aromatic heterocycles. The summed E-state index contributed by atoms with van der Waals surface area (Å²) in [5.74, 6) is -0.212. The maximum atomic E-state index is 13.2. The van der Waals surface area contributed by atoms with Gasteiger partial charge in [-0.25, -0.2) is 13.9 Å². The van der Waals surface area contributed by atoms with Crippen molar-refractivity contribution in [3.8, 4) is 0 Å². The van der Waals surface area contributed by atoms with Crippen LogP contribution in [0.5, 0.6) is 0 Å². The molecule has 0 amide bonds. The number of halogens is 1. The number of aryl methyl sites for hydroxylation is 1. The van der Waals surface area contributed by atoms with Crippen LogP contribution in [0.3, 0.4) is 0 Å². The van der Waals surface area contributed by atoms with E-state index in [9.17, 15) is 4.39 Å². The number of hydrogen-bond donors (Lipinski definition) is 1. The molecule has 0 spiro atoms. The van der Waals surface area contributed by atoms with Crippen molar-refractivity contribution < 1.29 is 4.39 Å². The highest BCUT2D eigenvalue weighted by Gasteiger charge is 2.07. The Kier molecular flexibility index (Phi) is 3.66. The van der Waals surface area contributed by atoms with Gasteiger partial charge in [0.15, 0.2) is 5.65 Å². The lowest BCUT2D eigenvalue weighted by Crippen LogP contribution is -2.18. The second-order valence-electron chi connectivity index (χ2n) is 5.21. The Morgan fingerprint density at radius 2 is 2.19 bits per heavy atom. The maximum Gasteiger partial charge on any atom is 0.155 e. The summed E-state index contributed by atoms with van der Waals surface area (Å²) in [6.45, 7) is 4.61. The maximum absolute atomic E-state index is 13.2. The van der Waals surface area contributed by atoms with E-state index in [1.165, 1.54) is 6.07 Å². The lowest BCUT2D eigenvalue weighted by atomic mass is 10.1. The topological polar surface area (TPSA) is 42.2 Å². The largest absolute Gasteiger partial charge is 0.306 e. The van der Waals surface area contributed by atoms with Gasteiger partial charge in [0.2, 0.25) is 0 Å². The number of nitrogens with one attached hydrogen (secondary N) is 1. The molecule has 1 unspecified atom stereocenters. The summed E-state index contributed by atoms with van der Waals surface area (Å²) in [6.07, 6.45) is 3.79. The summed E-state index contributed by atoms with van der Waals surface area (Å²) in [6, 6.07) is 8.65. The molecule has 2 heterocycles. The van der Waals surface area contributed by atoms with Crippen molar-refractivity contribution in [2.75, 3.05) is 0 Å². The van der Waals surface area contributed by atoms with Crippen molar-refractivity contribution in [2.45, 2.75) is 26.4 Å². The van der Waals surface area contributed by atoms with Crippen LogP contribution < -0.4 is 5.32 Å². The summed E-state index contributed by atoms with van der Waals surface area (Å²) in [5, 5.41) is 7.71. The number of nitrogens with zero attached hydrogens (tertiary/aromatic N) is 3. The molecule has 3 aromatic rings. The third-order valence-corrected chi connectivity index (χ3v) is 3.45. The molecule has 3 rings (SSSR count). The van der Waals surface area contributed by atoms with Gasteiger partial charge in [-0.1, -0.05) is 12.1 Å². The van der Waals surface area contributed by atoms with Gasteiger partial charge in [-0.15, -0.1) is 0 Å². The SMILES string of the molecule is Cc1cc2ncc(CNC(C)c3cccc(F)c3)cn2n1. The first-order chi connectivity index (χ1) is 10.1. The van der Waals surface area contributed by atoms with Crippen molar-refractivity contribution in [3.63, 3.8) is 0 Å². The molecule has 1 N–H and O–H groups in total. The van der Waals surface area contributed by atoms with E-state index < -0.39 is 0 Å². The predicted octanol–water partition coefficient (Wildman–Crippen LogP) is 3.03. The van der Waals surface area contributed by atoms with E-state index in [0.29, 0.717) is 6.54 Å². The number of rotatable bonds is 4. The molecule has 0 bridgehead atoms. The summed E-state index contributed by atoms with van der Waals surface area (Å²) < 4.78 is 15.0. The molecule has 0 aliphatic heterocycles. The molecule has 0 fully saturated rings. The molecule has 0 saturated heterocycles. The van der Waals surface area contributed by atoms with Gasteiger partial charge in [-0.2, -0.15) is 5.10 Å². The van der Waals surface area contributed by atoms with E-state index >= 15 is 0 Å². The highest BCUT2D eigenvalue weighted by molar-refractivity contribution is 5.38. The molecular weight excluding hydrogens is 267 g/mol. The van der Waals surface area contributed by atoms with Gasteiger partial charge < -0.3 is 5.32 Å². The Hall–Kier alpha value is -2.27. The lowest BCUT2D eigenvalue weighted by Gasteiger charge is -2.14. The van der Waals surface area contributed by atoms with Crippen LogP contribution in [0.25, 0.3) is 5.65 Å². The predicted molar refractivity (Wildman–Crippen MR) is 79.4 cm³/mol. The van der Waals surface area contributed by atoms with E-state index in [1.807, 2.05) is 38.4 Å². The Balaban J connectivity index is 1.70. The number of aromatic nitrogens is 3. The average molecular weight is 284 g/mol. The number of hydrogen-bond acceptors (Lipinski definition) is 3. The fourth-order valence-corrected chi connectivity index (χ4v) is 2.29.